The van der Waals surface area contributed by atoms with Gasteiger partial charge < -0.3 is 5.11 Å². The molecule has 19 heavy (non-hydrogen) atoms. The lowest BCUT2D eigenvalue weighted by atomic mass is 9.82. The maximum Gasteiger partial charge on any atom is 0.306 e. The molecule has 2 rings (SSSR count). The number of likely N-dealkylation sites (tertiary alicyclic amines) is 1. The highest BCUT2D eigenvalue weighted by atomic mass is 16.4. The van der Waals surface area contributed by atoms with Gasteiger partial charge in [-0.3, -0.25) is 19.3 Å². The van der Waals surface area contributed by atoms with E-state index in [1.54, 1.807) is 13.8 Å². The fourth-order valence-corrected chi connectivity index (χ4v) is 3.06. The molecule has 2 amide bonds. The molecule has 106 valence electrons. The third-order valence-corrected chi connectivity index (χ3v) is 4.70. The highest BCUT2D eigenvalue weighted by Gasteiger charge is 2.43. The van der Waals surface area contributed by atoms with Crippen molar-refractivity contribution < 1.29 is 19.5 Å². The second-order valence-electron chi connectivity index (χ2n) is 5.92. The number of amides is 2. The highest BCUT2D eigenvalue weighted by Crippen LogP contribution is 2.32. The first-order valence-electron chi connectivity index (χ1n) is 6.99. The molecule has 1 aliphatic heterocycles. The Balaban J connectivity index is 1.91. The van der Waals surface area contributed by atoms with Crippen molar-refractivity contribution in [3.8, 4) is 0 Å². The van der Waals surface area contributed by atoms with Crippen LogP contribution in [-0.2, 0) is 14.4 Å². The zero-order valence-corrected chi connectivity index (χ0v) is 11.5. The zero-order valence-electron chi connectivity index (χ0n) is 11.5. The number of rotatable bonds is 3. The lowest BCUT2D eigenvalue weighted by Gasteiger charge is -2.28. The number of carbonyl (C=O) groups is 3. The first kappa shape index (κ1) is 14.0. The SMILES string of the molecule is CC1C(=O)N(CC2CCC(C(=O)O)CC2)C(=O)C1C. The highest BCUT2D eigenvalue weighted by molar-refractivity contribution is 6.04. The molecule has 2 fully saturated rings. The van der Waals surface area contributed by atoms with Crippen molar-refractivity contribution in [2.45, 2.75) is 39.5 Å². The van der Waals surface area contributed by atoms with Crippen LogP contribution < -0.4 is 0 Å². The summed E-state index contributed by atoms with van der Waals surface area (Å²) in [5.41, 5.74) is 0. The van der Waals surface area contributed by atoms with Gasteiger partial charge >= 0.3 is 5.97 Å². The summed E-state index contributed by atoms with van der Waals surface area (Å²) in [4.78, 5) is 36.2. The molecule has 2 atom stereocenters. The molecule has 0 bridgehead atoms. The summed E-state index contributed by atoms with van der Waals surface area (Å²) in [5.74, 6) is -1.30. The minimum absolute atomic E-state index is 0.0714. The smallest absolute Gasteiger partial charge is 0.306 e. The van der Waals surface area contributed by atoms with E-state index in [1.165, 1.54) is 4.90 Å². The van der Waals surface area contributed by atoms with Gasteiger partial charge in [-0.2, -0.15) is 0 Å². The Bertz CT molecular complexity index is 378. The van der Waals surface area contributed by atoms with Gasteiger partial charge in [-0.1, -0.05) is 13.8 Å². The third kappa shape index (κ3) is 2.65. The molecule has 1 saturated carbocycles. The molecule has 0 aromatic heterocycles. The topological polar surface area (TPSA) is 74.7 Å². The number of hydrogen-bond acceptors (Lipinski definition) is 3. The Hall–Kier alpha value is -1.39. The standard InChI is InChI=1S/C14H21NO4/c1-8-9(2)13(17)15(12(8)16)7-10-3-5-11(6-4-10)14(18)19/h8-11H,3-7H2,1-2H3,(H,18,19). The normalized spacial score (nSPS) is 35.8. The molecule has 1 aliphatic carbocycles. The van der Waals surface area contributed by atoms with Crippen molar-refractivity contribution in [3.05, 3.63) is 0 Å². The average molecular weight is 267 g/mol. The number of hydrogen-bond donors (Lipinski definition) is 1. The Morgan fingerprint density at radius 3 is 2.00 bits per heavy atom. The summed E-state index contributed by atoms with van der Waals surface area (Å²) < 4.78 is 0. The second-order valence-corrected chi connectivity index (χ2v) is 5.92. The number of carbonyl (C=O) groups excluding carboxylic acids is 2. The number of aliphatic carboxylic acids is 1. The van der Waals surface area contributed by atoms with E-state index in [4.69, 9.17) is 5.11 Å². The lowest BCUT2D eigenvalue weighted by Crippen LogP contribution is -2.37. The van der Waals surface area contributed by atoms with Gasteiger partial charge in [-0.15, -0.1) is 0 Å². The number of nitrogens with zero attached hydrogens (tertiary/aromatic N) is 1. The molecule has 0 spiro atoms. The van der Waals surface area contributed by atoms with Crippen LogP contribution in [0.2, 0.25) is 0 Å². The van der Waals surface area contributed by atoms with E-state index in [0.717, 1.165) is 12.8 Å². The summed E-state index contributed by atoms with van der Waals surface area (Å²) in [6, 6.07) is 0. The van der Waals surface area contributed by atoms with Gasteiger partial charge in [0, 0.05) is 18.4 Å². The van der Waals surface area contributed by atoms with Crippen molar-refractivity contribution in [2.75, 3.05) is 6.54 Å². The van der Waals surface area contributed by atoms with Crippen LogP contribution in [0.5, 0.6) is 0 Å². The van der Waals surface area contributed by atoms with E-state index in [0.29, 0.717) is 19.4 Å². The molecule has 0 aromatic rings. The van der Waals surface area contributed by atoms with E-state index in [-0.39, 0.29) is 35.5 Å². The van der Waals surface area contributed by atoms with Crippen molar-refractivity contribution in [1.29, 1.82) is 0 Å². The Kier molecular flexibility index (Phi) is 3.92. The second kappa shape index (κ2) is 5.31. The average Bonchev–Trinajstić information content (AvgIpc) is 2.57. The number of imide groups is 1. The van der Waals surface area contributed by atoms with E-state index < -0.39 is 5.97 Å². The molecule has 0 radical (unpaired) electrons. The summed E-state index contributed by atoms with van der Waals surface area (Å²) in [6.45, 7) is 4.07. The molecule has 1 saturated heterocycles. The maximum atomic E-state index is 12.0. The van der Waals surface area contributed by atoms with Gasteiger partial charge in [0.1, 0.15) is 0 Å². The van der Waals surface area contributed by atoms with Crippen molar-refractivity contribution in [1.82, 2.24) is 4.90 Å². The zero-order chi connectivity index (χ0) is 14.2. The molecule has 2 aliphatic rings. The van der Waals surface area contributed by atoms with Crippen LogP contribution in [0.1, 0.15) is 39.5 Å². The molecule has 0 aromatic carbocycles. The van der Waals surface area contributed by atoms with Gasteiger partial charge in [0.05, 0.1) is 5.92 Å². The van der Waals surface area contributed by atoms with Gasteiger partial charge in [0.15, 0.2) is 0 Å². The number of carboxylic acid groups (broad SMARTS) is 1. The van der Waals surface area contributed by atoms with Crippen LogP contribution in [0.3, 0.4) is 0 Å². The third-order valence-electron chi connectivity index (χ3n) is 4.70. The molecular formula is C14H21NO4. The molecule has 1 heterocycles. The van der Waals surface area contributed by atoms with E-state index in [9.17, 15) is 14.4 Å². The maximum absolute atomic E-state index is 12.0. The summed E-state index contributed by atoms with van der Waals surface area (Å²) in [6.07, 6.45) is 2.89. The minimum Gasteiger partial charge on any atom is -0.481 e. The van der Waals surface area contributed by atoms with E-state index >= 15 is 0 Å². The molecule has 1 N–H and O–H groups in total. The van der Waals surface area contributed by atoms with Crippen molar-refractivity contribution in [3.63, 3.8) is 0 Å². The minimum atomic E-state index is -0.728. The van der Waals surface area contributed by atoms with Crippen molar-refractivity contribution in [2.24, 2.45) is 23.7 Å². The van der Waals surface area contributed by atoms with Crippen LogP contribution in [0, 0.1) is 23.7 Å². The van der Waals surface area contributed by atoms with Crippen LogP contribution >= 0.6 is 0 Å². The van der Waals surface area contributed by atoms with Crippen LogP contribution in [0.25, 0.3) is 0 Å². The molecule has 5 heteroatoms. The lowest BCUT2D eigenvalue weighted by molar-refractivity contribution is -0.145. The monoisotopic (exact) mass is 267 g/mol. The fourth-order valence-electron chi connectivity index (χ4n) is 3.06. The fraction of sp³-hybridized carbons (Fsp3) is 0.786. The quantitative estimate of drug-likeness (QED) is 0.787. The molecular weight excluding hydrogens is 246 g/mol. The van der Waals surface area contributed by atoms with Gasteiger partial charge in [-0.05, 0) is 31.6 Å². The van der Waals surface area contributed by atoms with Gasteiger partial charge in [0.2, 0.25) is 11.8 Å². The van der Waals surface area contributed by atoms with Gasteiger partial charge in [-0.25, -0.2) is 0 Å². The van der Waals surface area contributed by atoms with Crippen molar-refractivity contribution >= 4 is 17.8 Å². The Labute approximate surface area is 113 Å². The Morgan fingerprint density at radius 1 is 1.11 bits per heavy atom. The van der Waals surface area contributed by atoms with E-state index in [2.05, 4.69) is 0 Å². The van der Waals surface area contributed by atoms with E-state index in [1.807, 2.05) is 0 Å². The van der Waals surface area contributed by atoms with Crippen LogP contribution in [0.4, 0.5) is 0 Å². The molecule has 5 nitrogen and oxygen atoms in total. The summed E-state index contributed by atoms with van der Waals surface area (Å²) in [7, 11) is 0. The largest absolute Gasteiger partial charge is 0.481 e. The predicted molar refractivity (Wildman–Crippen MR) is 68.1 cm³/mol. The van der Waals surface area contributed by atoms with Crippen LogP contribution in [0.15, 0.2) is 0 Å². The Morgan fingerprint density at radius 2 is 1.58 bits per heavy atom. The summed E-state index contributed by atoms with van der Waals surface area (Å²) >= 11 is 0. The first-order valence-corrected chi connectivity index (χ1v) is 6.99. The van der Waals surface area contributed by atoms with Crippen LogP contribution in [-0.4, -0.2) is 34.3 Å². The number of carboxylic acids is 1. The predicted octanol–water partition coefficient (Wildman–Crippen LogP) is 1.52. The summed E-state index contributed by atoms with van der Waals surface area (Å²) in [5, 5.41) is 8.94. The molecule has 2 unspecified atom stereocenters. The first-order chi connectivity index (χ1) is 8.91. The van der Waals surface area contributed by atoms with Gasteiger partial charge in [0.25, 0.3) is 0 Å².